The highest BCUT2D eigenvalue weighted by molar-refractivity contribution is 6.09. The van der Waals surface area contributed by atoms with E-state index in [1.54, 1.807) is 60.7 Å². The number of nitrogens with one attached hydrogen (secondary N) is 2. The van der Waals surface area contributed by atoms with Crippen molar-refractivity contribution < 1.29 is 19.1 Å². The van der Waals surface area contributed by atoms with Crippen molar-refractivity contribution in [3.05, 3.63) is 83.4 Å². The molecule has 0 saturated carbocycles. The second-order valence-electron chi connectivity index (χ2n) is 6.50. The molecule has 148 valence electrons. The number of nitrogens with zero attached hydrogens (tertiary/aromatic N) is 1. The van der Waals surface area contributed by atoms with Gasteiger partial charge in [0.15, 0.2) is 11.5 Å². The molecule has 0 aromatic heterocycles. The van der Waals surface area contributed by atoms with E-state index < -0.39 is 5.91 Å². The number of para-hydroxylation sites is 1. The van der Waals surface area contributed by atoms with Gasteiger partial charge in [0, 0.05) is 22.9 Å². The Labute approximate surface area is 172 Å². The van der Waals surface area contributed by atoms with E-state index in [0.717, 1.165) is 0 Å². The Morgan fingerprint density at radius 1 is 0.800 bits per heavy atom. The van der Waals surface area contributed by atoms with Crippen molar-refractivity contribution in [1.82, 2.24) is 0 Å². The third-order valence-electron chi connectivity index (χ3n) is 4.48. The van der Waals surface area contributed by atoms with E-state index in [1.807, 2.05) is 6.07 Å². The van der Waals surface area contributed by atoms with Gasteiger partial charge in [-0.05, 0) is 42.5 Å². The maximum absolute atomic E-state index is 12.7. The largest absolute Gasteiger partial charge is 0.486 e. The zero-order valence-corrected chi connectivity index (χ0v) is 15.8. The molecule has 1 aliphatic rings. The minimum Gasteiger partial charge on any atom is -0.486 e. The van der Waals surface area contributed by atoms with E-state index in [9.17, 15) is 9.59 Å². The van der Waals surface area contributed by atoms with E-state index >= 15 is 0 Å². The van der Waals surface area contributed by atoms with Crippen molar-refractivity contribution in [3.8, 4) is 17.6 Å². The number of anilines is 2. The number of ether oxygens (including phenoxy) is 2. The van der Waals surface area contributed by atoms with Crippen LogP contribution in [0.1, 0.15) is 26.3 Å². The molecule has 0 saturated heterocycles. The first-order chi connectivity index (χ1) is 14.6. The van der Waals surface area contributed by atoms with Crippen molar-refractivity contribution in [2.45, 2.75) is 0 Å². The molecule has 7 nitrogen and oxygen atoms in total. The van der Waals surface area contributed by atoms with E-state index in [1.165, 1.54) is 6.07 Å². The molecular formula is C23H17N3O4. The van der Waals surface area contributed by atoms with Crippen LogP contribution in [-0.2, 0) is 0 Å². The summed E-state index contributed by atoms with van der Waals surface area (Å²) in [6.07, 6.45) is 0. The third-order valence-corrected chi connectivity index (χ3v) is 4.48. The number of benzene rings is 3. The number of hydrogen-bond acceptors (Lipinski definition) is 5. The van der Waals surface area contributed by atoms with Crippen molar-refractivity contribution >= 4 is 23.2 Å². The van der Waals surface area contributed by atoms with Crippen LogP contribution in [0.5, 0.6) is 11.5 Å². The highest BCUT2D eigenvalue weighted by Gasteiger charge is 2.15. The van der Waals surface area contributed by atoms with Crippen LogP contribution in [0.15, 0.2) is 66.7 Å². The molecule has 7 heteroatoms. The molecule has 0 fully saturated rings. The van der Waals surface area contributed by atoms with Gasteiger partial charge in [-0.2, -0.15) is 5.26 Å². The molecule has 0 bridgehead atoms. The van der Waals surface area contributed by atoms with Crippen LogP contribution < -0.4 is 20.1 Å². The predicted molar refractivity (Wildman–Crippen MR) is 111 cm³/mol. The summed E-state index contributed by atoms with van der Waals surface area (Å²) >= 11 is 0. The number of carbonyl (C=O) groups excluding carboxylic acids is 2. The van der Waals surface area contributed by atoms with Crippen LogP contribution in [0, 0.1) is 11.3 Å². The SMILES string of the molecule is N#Cc1ccccc1NC(=O)c1cccc(C(=O)Nc2ccc3c(c2)OCCO3)c1. The first-order valence-electron chi connectivity index (χ1n) is 9.25. The maximum atomic E-state index is 12.7. The predicted octanol–water partition coefficient (Wildman–Crippen LogP) is 3.83. The van der Waals surface area contributed by atoms with Crippen LogP contribution in [0.4, 0.5) is 11.4 Å². The minimum atomic E-state index is -0.410. The number of hydrogen-bond donors (Lipinski definition) is 2. The van der Waals surface area contributed by atoms with Gasteiger partial charge in [0.1, 0.15) is 19.3 Å². The summed E-state index contributed by atoms with van der Waals surface area (Å²) in [6.45, 7) is 0.947. The van der Waals surface area contributed by atoms with E-state index in [2.05, 4.69) is 10.6 Å². The summed E-state index contributed by atoms with van der Waals surface area (Å²) in [4.78, 5) is 25.3. The molecule has 2 amide bonds. The van der Waals surface area contributed by atoms with Gasteiger partial charge >= 0.3 is 0 Å². The average molecular weight is 399 g/mol. The molecule has 3 aromatic rings. The van der Waals surface area contributed by atoms with Gasteiger partial charge in [-0.3, -0.25) is 9.59 Å². The molecule has 3 aromatic carbocycles. The highest BCUT2D eigenvalue weighted by Crippen LogP contribution is 2.32. The zero-order valence-electron chi connectivity index (χ0n) is 15.8. The minimum absolute atomic E-state index is 0.303. The van der Waals surface area contributed by atoms with Crippen LogP contribution in [0.2, 0.25) is 0 Å². The molecule has 30 heavy (non-hydrogen) atoms. The first kappa shape index (κ1) is 19.0. The summed E-state index contributed by atoms with van der Waals surface area (Å²) in [5, 5.41) is 14.7. The highest BCUT2D eigenvalue weighted by atomic mass is 16.6. The molecule has 0 spiro atoms. The Morgan fingerprint density at radius 3 is 2.27 bits per heavy atom. The Bertz CT molecular complexity index is 1170. The van der Waals surface area contributed by atoms with Gasteiger partial charge in [-0.25, -0.2) is 0 Å². The van der Waals surface area contributed by atoms with E-state index in [4.69, 9.17) is 14.7 Å². The standard InChI is InChI=1S/C23H17N3O4/c24-14-17-4-1-2-7-19(17)26-23(28)16-6-3-5-15(12-16)22(27)25-18-8-9-20-21(13-18)30-11-10-29-20/h1-9,12-13H,10-11H2,(H,25,27)(H,26,28). The molecule has 1 aliphatic heterocycles. The maximum Gasteiger partial charge on any atom is 0.255 e. The molecule has 0 unspecified atom stereocenters. The summed E-state index contributed by atoms with van der Waals surface area (Å²) in [7, 11) is 0. The van der Waals surface area contributed by atoms with Gasteiger partial charge in [0.2, 0.25) is 0 Å². The third kappa shape index (κ3) is 4.08. The Hall–Kier alpha value is -4.31. The molecule has 0 atom stereocenters. The van der Waals surface area contributed by atoms with Crippen LogP contribution >= 0.6 is 0 Å². The van der Waals surface area contributed by atoms with Crippen molar-refractivity contribution in [1.29, 1.82) is 5.26 Å². The van der Waals surface area contributed by atoms with Gasteiger partial charge in [0.05, 0.1) is 11.3 Å². The summed E-state index contributed by atoms with van der Waals surface area (Å²) < 4.78 is 11.0. The van der Waals surface area contributed by atoms with E-state index in [0.29, 0.717) is 52.8 Å². The summed E-state index contributed by atoms with van der Waals surface area (Å²) in [5.41, 5.74) is 1.96. The summed E-state index contributed by atoms with van der Waals surface area (Å²) in [5.74, 6) is 0.435. The Balaban J connectivity index is 1.49. The van der Waals surface area contributed by atoms with Crippen molar-refractivity contribution in [2.75, 3.05) is 23.8 Å². The number of rotatable bonds is 4. The molecule has 2 N–H and O–H groups in total. The molecule has 1 heterocycles. The average Bonchev–Trinajstić information content (AvgIpc) is 2.79. The first-order valence-corrected chi connectivity index (χ1v) is 9.25. The van der Waals surface area contributed by atoms with Crippen molar-refractivity contribution in [3.63, 3.8) is 0 Å². The topological polar surface area (TPSA) is 100 Å². The molecule has 0 radical (unpaired) electrons. The quantitative estimate of drug-likeness (QED) is 0.694. The normalized spacial score (nSPS) is 11.8. The molecule has 0 aliphatic carbocycles. The van der Waals surface area contributed by atoms with Gasteiger partial charge < -0.3 is 20.1 Å². The lowest BCUT2D eigenvalue weighted by molar-refractivity contribution is 0.102. The molecule has 4 rings (SSSR count). The number of amides is 2. The fourth-order valence-electron chi connectivity index (χ4n) is 3.01. The lowest BCUT2D eigenvalue weighted by atomic mass is 10.1. The smallest absolute Gasteiger partial charge is 0.255 e. The van der Waals surface area contributed by atoms with Gasteiger partial charge in [0.25, 0.3) is 11.8 Å². The number of fused-ring (bicyclic) bond motifs is 1. The lowest BCUT2D eigenvalue weighted by Gasteiger charge is -2.19. The van der Waals surface area contributed by atoms with Crippen LogP contribution in [0.25, 0.3) is 0 Å². The van der Waals surface area contributed by atoms with Crippen LogP contribution in [0.3, 0.4) is 0 Å². The van der Waals surface area contributed by atoms with Crippen LogP contribution in [-0.4, -0.2) is 25.0 Å². The Kier molecular flexibility index (Phi) is 5.31. The fraction of sp³-hybridized carbons (Fsp3) is 0.0870. The van der Waals surface area contributed by atoms with E-state index in [-0.39, 0.29) is 5.91 Å². The summed E-state index contributed by atoms with van der Waals surface area (Å²) in [6, 6.07) is 20.3. The lowest BCUT2D eigenvalue weighted by Crippen LogP contribution is -2.17. The number of carbonyl (C=O) groups is 2. The Morgan fingerprint density at radius 2 is 1.50 bits per heavy atom. The second kappa shape index (κ2) is 8.37. The zero-order chi connectivity index (χ0) is 20.9. The second-order valence-corrected chi connectivity index (χ2v) is 6.50. The van der Waals surface area contributed by atoms with Crippen molar-refractivity contribution in [2.24, 2.45) is 0 Å². The molecular weight excluding hydrogens is 382 g/mol. The monoisotopic (exact) mass is 399 g/mol. The van der Waals surface area contributed by atoms with Gasteiger partial charge in [-0.1, -0.05) is 18.2 Å². The number of nitriles is 1. The van der Waals surface area contributed by atoms with Gasteiger partial charge in [-0.15, -0.1) is 0 Å². The fourth-order valence-corrected chi connectivity index (χ4v) is 3.01.